The lowest BCUT2D eigenvalue weighted by Gasteiger charge is -2.16. The number of amides is 1. The first kappa shape index (κ1) is 16.9. The molecule has 2 aromatic rings. The highest BCUT2D eigenvalue weighted by atomic mass is 16.5. The van der Waals surface area contributed by atoms with Crippen LogP contribution in [-0.2, 0) is 18.3 Å². The van der Waals surface area contributed by atoms with Gasteiger partial charge in [-0.2, -0.15) is 5.10 Å². The third-order valence-electron chi connectivity index (χ3n) is 3.22. The van der Waals surface area contributed by atoms with Gasteiger partial charge in [0.05, 0.1) is 25.1 Å². The van der Waals surface area contributed by atoms with E-state index >= 15 is 0 Å². The Bertz CT molecular complexity index is 665. The fourth-order valence-corrected chi connectivity index (χ4v) is 2.16. The predicted molar refractivity (Wildman–Crippen MR) is 88.9 cm³/mol. The van der Waals surface area contributed by atoms with Gasteiger partial charge in [-0.15, -0.1) is 0 Å². The Morgan fingerprint density at radius 3 is 2.78 bits per heavy atom. The number of anilines is 1. The Kier molecular flexibility index (Phi) is 5.62. The van der Waals surface area contributed by atoms with Crippen LogP contribution in [0.15, 0.2) is 30.6 Å². The molecule has 0 fully saturated rings. The minimum atomic E-state index is -0.0734. The van der Waals surface area contributed by atoms with E-state index in [1.807, 2.05) is 33.2 Å². The summed E-state index contributed by atoms with van der Waals surface area (Å²) in [5, 5.41) is 6.99. The Labute approximate surface area is 136 Å². The normalized spacial score (nSPS) is 10.7. The molecule has 6 nitrogen and oxygen atoms in total. The highest BCUT2D eigenvalue weighted by molar-refractivity contribution is 5.92. The van der Waals surface area contributed by atoms with Crippen LogP contribution in [-0.4, -0.2) is 28.9 Å². The maximum absolute atomic E-state index is 12.2. The monoisotopic (exact) mass is 317 g/mol. The number of ether oxygens (including phenoxy) is 2. The van der Waals surface area contributed by atoms with Crippen molar-refractivity contribution < 1.29 is 14.3 Å². The van der Waals surface area contributed by atoms with Crippen molar-refractivity contribution >= 4 is 11.6 Å². The third-order valence-corrected chi connectivity index (χ3v) is 3.22. The number of nitrogens with zero attached hydrogens (tertiary/aromatic N) is 2. The zero-order chi connectivity index (χ0) is 16.8. The Balaban J connectivity index is 2.03. The minimum absolute atomic E-state index is 0.0226. The average molecular weight is 317 g/mol. The van der Waals surface area contributed by atoms with Gasteiger partial charge in [0.1, 0.15) is 11.5 Å². The van der Waals surface area contributed by atoms with E-state index in [0.717, 1.165) is 5.56 Å². The Morgan fingerprint density at radius 1 is 1.39 bits per heavy atom. The van der Waals surface area contributed by atoms with E-state index in [1.54, 1.807) is 30.1 Å². The first-order valence-corrected chi connectivity index (χ1v) is 7.60. The lowest BCUT2D eigenvalue weighted by atomic mass is 10.2. The van der Waals surface area contributed by atoms with Crippen molar-refractivity contribution in [3.63, 3.8) is 0 Å². The van der Waals surface area contributed by atoms with Crippen molar-refractivity contribution in [1.29, 1.82) is 0 Å². The maximum Gasteiger partial charge on any atom is 0.224 e. The molecule has 0 saturated carbocycles. The van der Waals surface area contributed by atoms with E-state index in [4.69, 9.17) is 9.47 Å². The van der Waals surface area contributed by atoms with Gasteiger partial charge >= 0.3 is 0 Å². The summed E-state index contributed by atoms with van der Waals surface area (Å²) in [6, 6.07) is 5.37. The first-order chi connectivity index (χ1) is 11.0. The summed E-state index contributed by atoms with van der Waals surface area (Å²) in [5.41, 5.74) is 1.65. The number of rotatable bonds is 7. The summed E-state index contributed by atoms with van der Waals surface area (Å²) in [4.78, 5) is 12.2. The summed E-state index contributed by atoms with van der Waals surface area (Å²) in [7, 11) is 3.45. The molecule has 124 valence electrons. The number of aryl methyl sites for hydroxylation is 2. The van der Waals surface area contributed by atoms with Crippen molar-refractivity contribution in [2.75, 3.05) is 12.4 Å². The summed E-state index contributed by atoms with van der Waals surface area (Å²) in [6.07, 6.45) is 4.72. The molecule has 0 bridgehead atoms. The third kappa shape index (κ3) is 5.02. The number of carbonyl (C=O) groups is 1. The molecule has 0 aliphatic heterocycles. The zero-order valence-corrected chi connectivity index (χ0v) is 14.0. The van der Waals surface area contributed by atoms with Gasteiger partial charge in [0.25, 0.3) is 0 Å². The molecule has 0 spiro atoms. The number of aromatic nitrogens is 2. The summed E-state index contributed by atoms with van der Waals surface area (Å²) >= 11 is 0. The van der Waals surface area contributed by atoms with Crippen LogP contribution in [0.5, 0.6) is 11.5 Å². The number of hydrogen-bond acceptors (Lipinski definition) is 4. The molecule has 1 aromatic heterocycles. The molecule has 0 aliphatic carbocycles. The van der Waals surface area contributed by atoms with E-state index in [-0.39, 0.29) is 12.0 Å². The fourth-order valence-electron chi connectivity index (χ4n) is 2.16. The SMILES string of the molecule is COc1ccc(OC(C)C)c(NC(=O)CCc2cnn(C)c2)c1. The summed E-state index contributed by atoms with van der Waals surface area (Å²) in [5.74, 6) is 1.23. The molecule has 0 aliphatic rings. The predicted octanol–water partition coefficient (Wildman–Crippen LogP) is 2.79. The standard InChI is InChI=1S/C17H23N3O3/c1-12(2)23-16-7-6-14(22-4)9-15(16)19-17(21)8-5-13-10-18-20(3)11-13/h6-7,9-12H,5,8H2,1-4H3,(H,19,21). The molecule has 2 rings (SSSR count). The molecule has 1 aromatic carbocycles. The second kappa shape index (κ2) is 7.67. The molecular formula is C17H23N3O3. The fraction of sp³-hybridized carbons (Fsp3) is 0.412. The van der Waals surface area contributed by atoms with E-state index in [0.29, 0.717) is 30.0 Å². The molecule has 0 unspecified atom stereocenters. The van der Waals surface area contributed by atoms with Gasteiger partial charge in [0.2, 0.25) is 5.91 Å². The van der Waals surface area contributed by atoms with Crippen LogP contribution >= 0.6 is 0 Å². The minimum Gasteiger partial charge on any atom is -0.497 e. The van der Waals surface area contributed by atoms with Gasteiger partial charge in [0.15, 0.2) is 0 Å². The molecule has 1 heterocycles. The smallest absolute Gasteiger partial charge is 0.224 e. The number of methoxy groups -OCH3 is 1. The van der Waals surface area contributed by atoms with Crippen LogP contribution in [0.3, 0.4) is 0 Å². The number of carbonyl (C=O) groups excluding carboxylic acids is 1. The molecule has 0 saturated heterocycles. The molecule has 6 heteroatoms. The average Bonchev–Trinajstić information content (AvgIpc) is 2.92. The van der Waals surface area contributed by atoms with Crippen LogP contribution in [0, 0.1) is 0 Å². The zero-order valence-electron chi connectivity index (χ0n) is 14.0. The highest BCUT2D eigenvalue weighted by Crippen LogP contribution is 2.30. The van der Waals surface area contributed by atoms with E-state index in [9.17, 15) is 4.79 Å². The maximum atomic E-state index is 12.2. The molecule has 0 radical (unpaired) electrons. The lowest BCUT2D eigenvalue weighted by molar-refractivity contribution is -0.116. The van der Waals surface area contributed by atoms with Gasteiger partial charge in [-0.1, -0.05) is 0 Å². The van der Waals surface area contributed by atoms with Gasteiger partial charge < -0.3 is 14.8 Å². The van der Waals surface area contributed by atoms with Gasteiger partial charge in [0, 0.05) is 25.7 Å². The first-order valence-electron chi connectivity index (χ1n) is 7.60. The number of benzene rings is 1. The van der Waals surface area contributed by atoms with Crippen LogP contribution < -0.4 is 14.8 Å². The van der Waals surface area contributed by atoms with Crippen molar-refractivity contribution in [1.82, 2.24) is 9.78 Å². The molecule has 23 heavy (non-hydrogen) atoms. The van der Waals surface area contributed by atoms with E-state index in [2.05, 4.69) is 10.4 Å². The lowest BCUT2D eigenvalue weighted by Crippen LogP contribution is -2.15. The molecule has 0 atom stereocenters. The second-order valence-electron chi connectivity index (χ2n) is 5.60. The number of nitrogens with one attached hydrogen (secondary N) is 1. The molecule has 1 N–H and O–H groups in total. The van der Waals surface area contributed by atoms with Crippen LogP contribution in [0.4, 0.5) is 5.69 Å². The Hall–Kier alpha value is -2.50. The van der Waals surface area contributed by atoms with Crippen molar-refractivity contribution in [2.45, 2.75) is 32.8 Å². The summed E-state index contributed by atoms with van der Waals surface area (Å²) < 4.78 is 12.7. The highest BCUT2D eigenvalue weighted by Gasteiger charge is 2.11. The van der Waals surface area contributed by atoms with Crippen LogP contribution in [0.25, 0.3) is 0 Å². The van der Waals surface area contributed by atoms with Gasteiger partial charge in [-0.3, -0.25) is 9.48 Å². The van der Waals surface area contributed by atoms with Crippen molar-refractivity contribution in [3.05, 3.63) is 36.2 Å². The molecule has 1 amide bonds. The Morgan fingerprint density at radius 2 is 2.17 bits per heavy atom. The van der Waals surface area contributed by atoms with Crippen molar-refractivity contribution in [3.8, 4) is 11.5 Å². The quantitative estimate of drug-likeness (QED) is 0.853. The molecular weight excluding hydrogens is 294 g/mol. The number of hydrogen-bond donors (Lipinski definition) is 1. The van der Waals surface area contributed by atoms with E-state index < -0.39 is 0 Å². The summed E-state index contributed by atoms with van der Waals surface area (Å²) in [6.45, 7) is 3.89. The van der Waals surface area contributed by atoms with Crippen LogP contribution in [0.1, 0.15) is 25.8 Å². The van der Waals surface area contributed by atoms with Crippen LogP contribution in [0.2, 0.25) is 0 Å². The topological polar surface area (TPSA) is 65.4 Å². The second-order valence-corrected chi connectivity index (χ2v) is 5.60. The van der Waals surface area contributed by atoms with E-state index in [1.165, 1.54) is 0 Å². The van der Waals surface area contributed by atoms with Gasteiger partial charge in [-0.05, 0) is 38.0 Å². The van der Waals surface area contributed by atoms with Gasteiger partial charge in [-0.25, -0.2) is 0 Å². The van der Waals surface area contributed by atoms with Crippen molar-refractivity contribution in [2.24, 2.45) is 7.05 Å². The largest absolute Gasteiger partial charge is 0.497 e.